The van der Waals surface area contributed by atoms with Crippen LogP contribution in [0.2, 0.25) is 0 Å². The van der Waals surface area contributed by atoms with Crippen molar-refractivity contribution in [3.05, 3.63) is 17.5 Å². The lowest BCUT2D eigenvalue weighted by Crippen LogP contribution is -2.34. The van der Waals surface area contributed by atoms with Crippen LogP contribution in [0.15, 0.2) is 15.7 Å². The van der Waals surface area contributed by atoms with E-state index in [2.05, 4.69) is 15.6 Å². The monoisotopic (exact) mass is 253 g/mol. The van der Waals surface area contributed by atoms with E-state index in [0.717, 1.165) is 0 Å². The Hall–Kier alpha value is -2.38. The van der Waals surface area contributed by atoms with Crippen LogP contribution in [0, 0.1) is 6.92 Å². The van der Waals surface area contributed by atoms with E-state index < -0.39 is 18.0 Å². The number of rotatable bonds is 4. The van der Waals surface area contributed by atoms with Crippen LogP contribution < -0.4 is 5.32 Å². The molecule has 0 spiro atoms. The molecule has 0 aliphatic carbocycles. The average molecular weight is 253 g/mol. The van der Waals surface area contributed by atoms with Gasteiger partial charge in [-0.25, -0.2) is 4.79 Å². The number of carboxylic acids is 1. The molecule has 0 saturated heterocycles. The fraction of sp³-hybridized carbons (Fsp3) is 0.400. The molecule has 0 radical (unpaired) electrons. The lowest BCUT2D eigenvalue weighted by atomic mass is 10.1. The number of nitrogens with zero attached hydrogens (tertiary/aromatic N) is 2. The summed E-state index contributed by atoms with van der Waals surface area (Å²) in [5.41, 5.74) is 0.554. The standard InChI is InChI=1S/C10H11N3O5/c1-5-2-6(17-12-5)4-11-9(14)8-3-7(10(15)16)13-18-8/h2,8H,3-4H2,1H3,(H,11,14)(H,15,16). The topological polar surface area (TPSA) is 114 Å². The summed E-state index contributed by atoms with van der Waals surface area (Å²) in [4.78, 5) is 26.9. The van der Waals surface area contributed by atoms with Gasteiger partial charge in [-0.05, 0) is 6.92 Å². The minimum absolute atomic E-state index is 0.0450. The van der Waals surface area contributed by atoms with Gasteiger partial charge in [-0.2, -0.15) is 0 Å². The fourth-order valence-corrected chi connectivity index (χ4v) is 1.43. The Kier molecular flexibility index (Phi) is 3.26. The molecule has 1 aliphatic rings. The summed E-state index contributed by atoms with van der Waals surface area (Å²) in [5, 5.41) is 18.2. The van der Waals surface area contributed by atoms with Crippen LogP contribution in [0.25, 0.3) is 0 Å². The van der Waals surface area contributed by atoms with Gasteiger partial charge in [0.2, 0.25) is 6.10 Å². The number of aryl methyl sites for hydroxylation is 1. The van der Waals surface area contributed by atoms with Gasteiger partial charge < -0.3 is 19.8 Å². The highest BCUT2D eigenvalue weighted by Gasteiger charge is 2.31. The van der Waals surface area contributed by atoms with E-state index in [0.29, 0.717) is 11.5 Å². The summed E-state index contributed by atoms with van der Waals surface area (Å²) in [6, 6.07) is 1.69. The van der Waals surface area contributed by atoms with Gasteiger partial charge in [-0.1, -0.05) is 10.3 Å². The molecule has 96 valence electrons. The van der Waals surface area contributed by atoms with Crippen molar-refractivity contribution in [2.45, 2.75) is 26.0 Å². The predicted molar refractivity (Wildman–Crippen MR) is 57.6 cm³/mol. The third-order valence-corrected chi connectivity index (χ3v) is 2.32. The third-order valence-electron chi connectivity index (χ3n) is 2.32. The van der Waals surface area contributed by atoms with E-state index in [9.17, 15) is 9.59 Å². The number of carbonyl (C=O) groups excluding carboxylic acids is 1. The molecule has 8 heteroatoms. The highest BCUT2D eigenvalue weighted by atomic mass is 16.6. The van der Waals surface area contributed by atoms with E-state index in [4.69, 9.17) is 14.5 Å². The normalized spacial score (nSPS) is 18.1. The van der Waals surface area contributed by atoms with Gasteiger partial charge in [0, 0.05) is 12.5 Å². The first-order chi connectivity index (χ1) is 8.56. The van der Waals surface area contributed by atoms with E-state index in [1.807, 2.05) is 0 Å². The van der Waals surface area contributed by atoms with Gasteiger partial charge in [0.05, 0.1) is 12.2 Å². The first-order valence-corrected chi connectivity index (χ1v) is 5.22. The van der Waals surface area contributed by atoms with Gasteiger partial charge in [-0.15, -0.1) is 0 Å². The number of nitrogens with one attached hydrogen (secondary N) is 1. The Morgan fingerprint density at radius 1 is 1.61 bits per heavy atom. The number of aliphatic carboxylic acids is 1. The maximum atomic E-state index is 11.6. The molecular weight excluding hydrogens is 242 g/mol. The molecule has 2 heterocycles. The molecule has 1 unspecified atom stereocenters. The molecule has 2 rings (SSSR count). The van der Waals surface area contributed by atoms with Crippen LogP contribution in [-0.4, -0.2) is 34.0 Å². The van der Waals surface area contributed by atoms with Crippen LogP contribution >= 0.6 is 0 Å². The summed E-state index contributed by atoms with van der Waals surface area (Å²) < 4.78 is 4.91. The molecule has 0 fully saturated rings. The van der Waals surface area contributed by atoms with E-state index >= 15 is 0 Å². The van der Waals surface area contributed by atoms with Crippen molar-refractivity contribution in [3.63, 3.8) is 0 Å². The second-order valence-electron chi connectivity index (χ2n) is 3.79. The second-order valence-corrected chi connectivity index (χ2v) is 3.79. The Balaban J connectivity index is 1.82. The van der Waals surface area contributed by atoms with Crippen molar-refractivity contribution >= 4 is 17.6 Å². The molecule has 1 atom stereocenters. The number of oxime groups is 1. The second kappa shape index (κ2) is 4.86. The molecule has 0 aromatic carbocycles. The molecule has 1 aromatic heterocycles. The zero-order valence-electron chi connectivity index (χ0n) is 9.54. The van der Waals surface area contributed by atoms with Gasteiger partial charge in [0.1, 0.15) is 0 Å². The third kappa shape index (κ3) is 2.65. The maximum absolute atomic E-state index is 11.6. The van der Waals surface area contributed by atoms with Crippen molar-refractivity contribution in [2.75, 3.05) is 0 Å². The number of hydrogen-bond donors (Lipinski definition) is 2. The van der Waals surface area contributed by atoms with Crippen molar-refractivity contribution < 1.29 is 24.1 Å². The van der Waals surface area contributed by atoms with E-state index in [1.54, 1.807) is 13.0 Å². The molecule has 1 aromatic rings. The first-order valence-electron chi connectivity index (χ1n) is 5.22. The average Bonchev–Trinajstić information content (AvgIpc) is 2.94. The summed E-state index contributed by atoms with van der Waals surface area (Å²) >= 11 is 0. The zero-order chi connectivity index (χ0) is 13.1. The number of aromatic nitrogens is 1. The van der Waals surface area contributed by atoms with Gasteiger partial charge >= 0.3 is 5.97 Å². The molecular formula is C10H11N3O5. The number of carboxylic acid groups (broad SMARTS) is 1. The Morgan fingerprint density at radius 2 is 2.39 bits per heavy atom. The highest BCUT2D eigenvalue weighted by molar-refractivity contribution is 6.36. The molecule has 1 amide bonds. The maximum Gasteiger partial charge on any atom is 0.353 e. The van der Waals surface area contributed by atoms with Crippen LogP contribution in [-0.2, 0) is 21.0 Å². The van der Waals surface area contributed by atoms with Crippen molar-refractivity contribution in [1.29, 1.82) is 0 Å². The SMILES string of the molecule is Cc1cc(CNC(=O)C2CC(C(=O)O)=NO2)on1. The van der Waals surface area contributed by atoms with Gasteiger partial charge in [0.15, 0.2) is 11.5 Å². The van der Waals surface area contributed by atoms with Crippen molar-refractivity contribution in [3.8, 4) is 0 Å². The fourth-order valence-electron chi connectivity index (χ4n) is 1.43. The number of amides is 1. The van der Waals surface area contributed by atoms with Crippen LogP contribution in [0.3, 0.4) is 0 Å². The molecule has 0 bridgehead atoms. The van der Waals surface area contributed by atoms with Crippen LogP contribution in [0.4, 0.5) is 0 Å². The van der Waals surface area contributed by atoms with Crippen LogP contribution in [0.1, 0.15) is 17.9 Å². The Morgan fingerprint density at radius 3 is 2.94 bits per heavy atom. The first kappa shape index (κ1) is 12.1. The molecule has 8 nitrogen and oxygen atoms in total. The molecule has 1 aliphatic heterocycles. The molecule has 2 N–H and O–H groups in total. The van der Waals surface area contributed by atoms with E-state index in [1.165, 1.54) is 0 Å². The highest BCUT2D eigenvalue weighted by Crippen LogP contribution is 2.11. The molecule has 18 heavy (non-hydrogen) atoms. The minimum Gasteiger partial charge on any atom is -0.477 e. The lowest BCUT2D eigenvalue weighted by molar-refractivity contribution is -0.131. The Bertz CT molecular complexity index is 507. The number of carbonyl (C=O) groups is 2. The summed E-state index contributed by atoms with van der Waals surface area (Å²) in [6.45, 7) is 1.93. The van der Waals surface area contributed by atoms with Crippen molar-refractivity contribution in [1.82, 2.24) is 10.5 Å². The van der Waals surface area contributed by atoms with Crippen LogP contribution in [0.5, 0.6) is 0 Å². The zero-order valence-corrected chi connectivity index (χ0v) is 9.54. The van der Waals surface area contributed by atoms with Gasteiger partial charge in [0.25, 0.3) is 5.91 Å². The number of hydrogen-bond acceptors (Lipinski definition) is 6. The smallest absolute Gasteiger partial charge is 0.353 e. The summed E-state index contributed by atoms with van der Waals surface area (Å²) in [7, 11) is 0. The van der Waals surface area contributed by atoms with Gasteiger partial charge in [-0.3, -0.25) is 4.79 Å². The molecule has 0 saturated carbocycles. The summed E-state index contributed by atoms with van der Waals surface area (Å²) in [5.74, 6) is -1.11. The minimum atomic E-state index is -1.18. The quantitative estimate of drug-likeness (QED) is 0.769. The predicted octanol–water partition coefficient (Wildman–Crippen LogP) is -0.171. The summed E-state index contributed by atoms with van der Waals surface area (Å²) in [6.07, 6.45) is -0.948. The van der Waals surface area contributed by atoms with Crippen molar-refractivity contribution in [2.24, 2.45) is 5.16 Å². The Labute approximate surface area is 102 Å². The van der Waals surface area contributed by atoms with E-state index in [-0.39, 0.29) is 18.7 Å². The largest absolute Gasteiger partial charge is 0.477 e. The lowest BCUT2D eigenvalue weighted by Gasteiger charge is -2.07.